The number of hydrogen-bond donors (Lipinski definition) is 1. The molecule has 2 atom stereocenters. The highest BCUT2D eigenvalue weighted by atomic mass is 31.2. The van der Waals surface area contributed by atoms with Gasteiger partial charge in [-0.2, -0.15) is 0 Å². The highest BCUT2D eigenvalue weighted by molar-refractivity contribution is 7.55. The van der Waals surface area contributed by atoms with Crippen LogP contribution in [0.15, 0.2) is 42.5 Å². The lowest BCUT2D eigenvalue weighted by Crippen LogP contribution is -2.40. The zero-order valence-corrected chi connectivity index (χ0v) is 13.4. The van der Waals surface area contributed by atoms with E-state index in [9.17, 15) is 14.5 Å². The van der Waals surface area contributed by atoms with Gasteiger partial charge in [-0.15, -0.1) is 0 Å². The van der Waals surface area contributed by atoms with E-state index >= 15 is 0 Å². The smallest absolute Gasteiger partial charge is 0.370 e. The van der Waals surface area contributed by atoms with Crippen LogP contribution in [0, 0.1) is 0 Å². The zero-order chi connectivity index (χ0) is 16.2. The lowest BCUT2D eigenvalue weighted by atomic mass is 10.0. The van der Waals surface area contributed by atoms with Gasteiger partial charge in [0, 0.05) is 6.08 Å². The maximum Gasteiger partial charge on any atom is 0.370 e. The Kier molecular flexibility index (Phi) is 5.19. The molecule has 6 nitrogen and oxygen atoms in total. The van der Waals surface area contributed by atoms with Crippen LogP contribution in [0.4, 0.5) is 0 Å². The van der Waals surface area contributed by atoms with Crippen LogP contribution >= 0.6 is 7.60 Å². The molecule has 0 spiro atoms. The minimum Gasteiger partial charge on any atom is -0.451 e. The van der Waals surface area contributed by atoms with Gasteiger partial charge in [0.2, 0.25) is 5.34 Å². The third-order valence-electron chi connectivity index (χ3n) is 3.26. The highest BCUT2D eigenvalue weighted by Gasteiger charge is 2.58. The monoisotopic (exact) mass is 326 g/mol. The average molecular weight is 326 g/mol. The normalized spacial score (nSPS) is 20.7. The van der Waals surface area contributed by atoms with E-state index in [1.165, 1.54) is 12.2 Å². The van der Waals surface area contributed by atoms with Crippen LogP contribution in [0.1, 0.15) is 19.4 Å². The van der Waals surface area contributed by atoms with Crippen LogP contribution in [0.5, 0.6) is 0 Å². The van der Waals surface area contributed by atoms with Gasteiger partial charge < -0.3 is 18.9 Å². The zero-order valence-electron chi connectivity index (χ0n) is 12.5. The number of ether oxygens (including phenoxy) is 1. The van der Waals surface area contributed by atoms with Gasteiger partial charge in [-0.25, -0.2) is 4.79 Å². The highest BCUT2D eigenvalue weighted by Crippen LogP contribution is 2.66. The van der Waals surface area contributed by atoms with E-state index in [-0.39, 0.29) is 13.2 Å². The summed E-state index contributed by atoms with van der Waals surface area (Å²) in [5.41, 5.74) is 0.296. The lowest BCUT2D eigenvalue weighted by molar-refractivity contribution is -0.146. The Balaban J connectivity index is 2.56. The number of esters is 1. The average Bonchev–Trinajstić information content (AvgIpc) is 2.94. The summed E-state index contributed by atoms with van der Waals surface area (Å²) in [6.07, 6.45) is 1.40. The quantitative estimate of drug-likeness (QED) is 0.612. The molecule has 22 heavy (non-hydrogen) atoms. The number of carbonyl (C=O) groups excluding carboxylic acids is 1. The number of benzene rings is 1. The molecule has 1 N–H and O–H groups in total. The largest absolute Gasteiger partial charge is 0.451 e. The predicted octanol–water partition coefficient (Wildman–Crippen LogP) is 2.58. The second-order valence-electron chi connectivity index (χ2n) is 4.64. The molecule has 0 fully saturated rings. The second kappa shape index (κ2) is 6.75. The summed E-state index contributed by atoms with van der Waals surface area (Å²) >= 11 is 0. The number of aliphatic hydroxyl groups is 1. The SMILES string of the molecule is CCOP(=O)(OCC)[C@](O)(c1ccccc1)[C@H]1C=CC(=O)O1. The Morgan fingerprint density at radius 1 is 1.23 bits per heavy atom. The number of carbonyl (C=O) groups is 1. The minimum atomic E-state index is -4.01. The fourth-order valence-corrected chi connectivity index (χ4v) is 4.39. The summed E-state index contributed by atoms with van der Waals surface area (Å²) in [4.78, 5) is 11.4. The van der Waals surface area contributed by atoms with Crippen molar-refractivity contribution in [2.75, 3.05) is 13.2 Å². The van der Waals surface area contributed by atoms with Gasteiger partial charge in [0.25, 0.3) is 0 Å². The Morgan fingerprint density at radius 3 is 2.27 bits per heavy atom. The minimum absolute atomic E-state index is 0.0802. The first-order valence-corrected chi connectivity index (χ1v) is 8.58. The summed E-state index contributed by atoms with van der Waals surface area (Å²) in [6, 6.07) is 8.30. The Labute approximate surface area is 129 Å². The first-order chi connectivity index (χ1) is 10.5. The molecule has 2 rings (SSSR count). The first kappa shape index (κ1) is 16.9. The molecule has 1 aromatic carbocycles. The summed E-state index contributed by atoms with van der Waals surface area (Å²) in [6.45, 7) is 3.45. The molecule has 0 saturated carbocycles. The number of rotatable bonds is 7. The standard InChI is InChI=1S/C15H19O6P/c1-3-19-22(18,20-4-2)15(17,12-8-6-5-7-9-12)13-10-11-14(16)21-13/h5-11,13,17H,3-4H2,1-2H3/t13-,15-/m1/s1. The van der Waals surface area contributed by atoms with Gasteiger partial charge in [-0.05, 0) is 25.5 Å². The van der Waals surface area contributed by atoms with Crippen LogP contribution in [0.25, 0.3) is 0 Å². The topological polar surface area (TPSA) is 82.1 Å². The fraction of sp³-hybridized carbons (Fsp3) is 0.400. The lowest BCUT2D eigenvalue weighted by Gasteiger charge is -2.37. The number of hydrogen-bond acceptors (Lipinski definition) is 6. The predicted molar refractivity (Wildman–Crippen MR) is 80.2 cm³/mol. The molecule has 1 heterocycles. The van der Waals surface area contributed by atoms with Crippen LogP contribution < -0.4 is 0 Å². The molecule has 0 aliphatic carbocycles. The van der Waals surface area contributed by atoms with Crippen LogP contribution in [-0.2, 0) is 28.5 Å². The molecule has 0 radical (unpaired) electrons. The van der Waals surface area contributed by atoms with Gasteiger partial charge in [0.15, 0.2) is 6.10 Å². The van der Waals surface area contributed by atoms with E-state index in [1.54, 1.807) is 44.2 Å². The van der Waals surface area contributed by atoms with E-state index in [4.69, 9.17) is 13.8 Å². The Bertz CT molecular complexity index is 589. The second-order valence-corrected chi connectivity index (χ2v) is 6.83. The van der Waals surface area contributed by atoms with Gasteiger partial charge >= 0.3 is 13.6 Å². The van der Waals surface area contributed by atoms with E-state index < -0.39 is 25.0 Å². The van der Waals surface area contributed by atoms with Crippen molar-refractivity contribution in [3.05, 3.63) is 48.0 Å². The van der Waals surface area contributed by atoms with E-state index in [2.05, 4.69) is 0 Å². The molecule has 1 aliphatic rings. The van der Waals surface area contributed by atoms with Crippen molar-refractivity contribution in [1.29, 1.82) is 0 Å². The summed E-state index contributed by atoms with van der Waals surface area (Å²) in [5, 5.41) is 9.13. The van der Waals surface area contributed by atoms with Gasteiger partial charge in [0.1, 0.15) is 0 Å². The van der Waals surface area contributed by atoms with Gasteiger partial charge in [-0.3, -0.25) is 4.57 Å². The third-order valence-corrected chi connectivity index (χ3v) is 5.81. The molecule has 0 bridgehead atoms. The van der Waals surface area contributed by atoms with Gasteiger partial charge in [0.05, 0.1) is 13.2 Å². The molecule has 1 aromatic rings. The molecular weight excluding hydrogens is 307 g/mol. The van der Waals surface area contributed by atoms with Crippen molar-refractivity contribution in [2.24, 2.45) is 0 Å². The molecule has 1 aliphatic heterocycles. The van der Waals surface area contributed by atoms with E-state index in [0.29, 0.717) is 5.56 Å². The molecular formula is C15H19O6P. The van der Waals surface area contributed by atoms with E-state index in [0.717, 1.165) is 0 Å². The van der Waals surface area contributed by atoms with E-state index in [1.807, 2.05) is 0 Å². The van der Waals surface area contributed by atoms with Crippen molar-refractivity contribution in [3.63, 3.8) is 0 Å². The summed E-state index contributed by atoms with van der Waals surface area (Å²) < 4.78 is 28.9. The molecule has 0 saturated heterocycles. The van der Waals surface area contributed by atoms with Crippen LogP contribution in [0.2, 0.25) is 0 Å². The number of cyclic esters (lactones) is 1. The Hall–Kier alpha value is -1.46. The third kappa shape index (κ3) is 2.88. The molecule has 120 valence electrons. The van der Waals surface area contributed by atoms with Crippen molar-refractivity contribution < 1.29 is 28.3 Å². The molecule has 0 aromatic heterocycles. The van der Waals surface area contributed by atoms with Crippen molar-refractivity contribution in [1.82, 2.24) is 0 Å². The molecule has 7 heteroatoms. The molecule has 0 amide bonds. The first-order valence-electron chi connectivity index (χ1n) is 7.04. The molecule has 0 unspecified atom stereocenters. The maximum atomic E-state index is 13.2. The maximum absolute atomic E-state index is 13.2. The van der Waals surface area contributed by atoms with Crippen LogP contribution in [0.3, 0.4) is 0 Å². The van der Waals surface area contributed by atoms with Crippen LogP contribution in [-0.4, -0.2) is 30.4 Å². The van der Waals surface area contributed by atoms with Crippen molar-refractivity contribution in [3.8, 4) is 0 Å². The van der Waals surface area contributed by atoms with Crippen molar-refractivity contribution in [2.45, 2.75) is 25.3 Å². The van der Waals surface area contributed by atoms with Gasteiger partial charge in [-0.1, -0.05) is 30.3 Å². The van der Waals surface area contributed by atoms with Crippen molar-refractivity contribution >= 4 is 13.6 Å². The summed E-state index contributed by atoms with van der Waals surface area (Å²) in [7, 11) is -4.01. The summed E-state index contributed by atoms with van der Waals surface area (Å²) in [5.74, 6) is -0.612. The fourth-order valence-electron chi connectivity index (χ4n) is 2.32. The Morgan fingerprint density at radius 2 is 1.82 bits per heavy atom.